The van der Waals surface area contributed by atoms with Gasteiger partial charge in [0.25, 0.3) is 0 Å². The van der Waals surface area contributed by atoms with Crippen LogP contribution in [0.5, 0.6) is 0 Å². The molecule has 1 amide bonds. The van der Waals surface area contributed by atoms with Crippen molar-refractivity contribution in [3.05, 3.63) is 101 Å². The van der Waals surface area contributed by atoms with Gasteiger partial charge >= 0.3 is 6.18 Å². The molecular formula is C31H23F3N2O4. The quantitative estimate of drug-likeness (QED) is 0.429. The molecule has 1 saturated heterocycles. The molecule has 3 aromatic carbocycles. The van der Waals surface area contributed by atoms with Crippen molar-refractivity contribution in [1.82, 2.24) is 0 Å². The number of halogens is 3. The van der Waals surface area contributed by atoms with Gasteiger partial charge in [-0.25, -0.2) is 0 Å². The van der Waals surface area contributed by atoms with Crippen molar-refractivity contribution >= 4 is 40.7 Å². The number of hydrogen-bond donors (Lipinski definition) is 1. The lowest BCUT2D eigenvalue weighted by Crippen LogP contribution is -2.48. The fourth-order valence-corrected chi connectivity index (χ4v) is 6.70. The molecule has 0 aromatic heterocycles. The maximum Gasteiger partial charge on any atom is 0.416 e. The normalized spacial score (nSPS) is 22.2. The molecule has 0 saturated carbocycles. The number of carbonyl (C=O) groups excluding carboxylic acids is 4. The van der Waals surface area contributed by atoms with Crippen molar-refractivity contribution in [3.63, 3.8) is 0 Å². The van der Waals surface area contributed by atoms with Crippen LogP contribution in [0.2, 0.25) is 0 Å². The smallest absolute Gasteiger partial charge is 0.352 e. The maximum absolute atomic E-state index is 14.4. The fourth-order valence-electron chi connectivity index (χ4n) is 6.70. The highest BCUT2D eigenvalue weighted by Gasteiger charge is 2.71. The van der Waals surface area contributed by atoms with Gasteiger partial charge in [-0.15, -0.1) is 0 Å². The lowest BCUT2D eigenvalue weighted by Gasteiger charge is -2.37. The minimum absolute atomic E-state index is 0.222. The van der Waals surface area contributed by atoms with E-state index in [1.807, 2.05) is 0 Å². The molecule has 6 nitrogen and oxygen atoms in total. The zero-order chi connectivity index (χ0) is 28.6. The van der Waals surface area contributed by atoms with E-state index in [9.17, 15) is 32.3 Å². The average molecular weight is 545 g/mol. The molecule has 0 radical (unpaired) electrons. The number of alkyl halides is 3. The van der Waals surface area contributed by atoms with Gasteiger partial charge in [-0.1, -0.05) is 54.6 Å². The lowest BCUT2D eigenvalue weighted by molar-refractivity contribution is -0.137. The molecular weight excluding hydrogens is 521 g/mol. The topological polar surface area (TPSA) is 83.6 Å². The number of rotatable bonds is 3. The number of amides is 1. The number of benzene rings is 3. The summed E-state index contributed by atoms with van der Waals surface area (Å²) in [5.41, 5.74) is -0.329. The van der Waals surface area contributed by atoms with E-state index in [2.05, 4.69) is 5.32 Å². The molecule has 6 rings (SSSR count). The second-order valence-corrected chi connectivity index (χ2v) is 10.4. The molecule has 1 aliphatic carbocycles. The van der Waals surface area contributed by atoms with Crippen molar-refractivity contribution in [2.45, 2.75) is 38.0 Å². The van der Waals surface area contributed by atoms with Crippen LogP contribution in [0.4, 0.5) is 24.5 Å². The standard InChI is InChI=1S/C31H23F3N2O4/c1-16(37)27-26(18-10-12-19(13-11-18)31(32,33)34)30(28(39)20-6-3-4-7-21(20)29(30)40)25-15-14-22-23(35-17(2)38)8-5-9-24(22)36(25)27/h3-15,25-27H,1-2H3,(H,35,38)/t25-,26-,27-/m1/s1. The maximum atomic E-state index is 14.4. The zero-order valence-electron chi connectivity index (χ0n) is 21.5. The van der Waals surface area contributed by atoms with Crippen molar-refractivity contribution in [3.8, 4) is 0 Å². The van der Waals surface area contributed by atoms with Crippen LogP contribution in [0.1, 0.15) is 57.2 Å². The Labute approximate surface area is 227 Å². The van der Waals surface area contributed by atoms with E-state index >= 15 is 0 Å². The van der Waals surface area contributed by atoms with E-state index < -0.39 is 46.7 Å². The number of fused-ring (bicyclic) bond motifs is 5. The van der Waals surface area contributed by atoms with E-state index in [0.717, 1.165) is 12.1 Å². The molecule has 2 aliphatic heterocycles. The van der Waals surface area contributed by atoms with E-state index in [-0.39, 0.29) is 28.4 Å². The molecule has 1 N–H and O–H groups in total. The molecule has 40 heavy (non-hydrogen) atoms. The van der Waals surface area contributed by atoms with Gasteiger partial charge in [-0.3, -0.25) is 19.2 Å². The number of carbonyl (C=O) groups is 4. The summed E-state index contributed by atoms with van der Waals surface area (Å²) in [5.74, 6) is -2.67. The molecule has 3 aliphatic rings. The minimum atomic E-state index is -4.58. The second-order valence-electron chi connectivity index (χ2n) is 10.4. The Kier molecular flexibility index (Phi) is 5.62. The van der Waals surface area contributed by atoms with E-state index in [4.69, 9.17) is 0 Å². The highest BCUT2D eigenvalue weighted by atomic mass is 19.4. The Morgan fingerprint density at radius 3 is 2.05 bits per heavy atom. The van der Waals surface area contributed by atoms with Crippen LogP contribution < -0.4 is 10.2 Å². The van der Waals surface area contributed by atoms with E-state index in [1.165, 1.54) is 26.0 Å². The summed E-state index contributed by atoms with van der Waals surface area (Å²) in [6.45, 7) is 2.72. The molecule has 1 spiro atoms. The minimum Gasteiger partial charge on any atom is -0.352 e. The van der Waals surface area contributed by atoms with Crippen LogP contribution >= 0.6 is 0 Å². The Hall–Kier alpha value is -4.53. The van der Waals surface area contributed by atoms with Crippen molar-refractivity contribution in [2.75, 3.05) is 10.2 Å². The molecule has 1 fully saturated rings. The highest BCUT2D eigenvalue weighted by Crippen LogP contribution is 2.61. The first kappa shape index (κ1) is 25.7. The number of Topliss-reactive ketones (excluding diaryl/α,β-unsaturated/α-hetero) is 3. The number of anilines is 2. The van der Waals surface area contributed by atoms with Crippen molar-refractivity contribution < 1.29 is 32.3 Å². The van der Waals surface area contributed by atoms with E-state index in [1.54, 1.807) is 59.5 Å². The first-order valence-electron chi connectivity index (χ1n) is 12.7. The van der Waals surface area contributed by atoms with Gasteiger partial charge in [0.1, 0.15) is 5.41 Å². The monoisotopic (exact) mass is 544 g/mol. The molecule has 9 heteroatoms. The highest BCUT2D eigenvalue weighted by molar-refractivity contribution is 6.32. The summed E-state index contributed by atoms with van der Waals surface area (Å²) >= 11 is 0. The van der Waals surface area contributed by atoms with Gasteiger partial charge in [0.05, 0.1) is 23.3 Å². The number of nitrogens with zero attached hydrogens (tertiary/aromatic N) is 1. The van der Waals surface area contributed by atoms with Crippen LogP contribution in [0.15, 0.2) is 72.8 Å². The Balaban J connectivity index is 1.63. The summed E-state index contributed by atoms with van der Waals surface area (Å²) in [5, 5.41) is 2.77. The van der Waals surface area contributed by atoms with Crippen molar-refractivity contribution in [2.24, 2.45) is 5.41 Å². The van der Waals surface area contributed by atoms with Gasteiger partial charge in [-0.2, -0.15) is 13.2 Å². The fraction of sp³-hybridized carbons (Fsp3) is 0.226. The third-order valence-electron chi connectivity index (χ3n) is 8.17. The number of hydrogen-bond acceptors (Lipinski definition) is 5. The first-order chi connectivity index (χ1) is 19.0. The third-order valence-corrected chi connectivity index (χ3v) is 8.17. The van der Waals surface area contributed by atoms with Gasteiger partial charge in [0.15, 0.2) is 17.3 Å². The SMILES string of the molecule is CC(=O)Nc1cccc2c1C=C[C@H]1N2[C@H](C(C)=O)[C@@H](c2ccc(C(F)(F)F)cc2)C12C(=O)c1ccccc1C2=O. The van der Waals surface area contributed by atoms with Gasteiger partial charge in [-0.05, 0) is 36.8 Å². The molecule has 3 aromatic rings. The number of nitrogens with one attached hydrogen (secondary N) is 1. The average Bonchev–Trinajstić information content (AvgIpc) is 3.35. The summed E-state index contributed by atoms with van der Waals surface area (Å²) < 4.78 is 40.3. The van der Waals surface area contributed by atoms with Gasteiger partial charge in [0.2, 0.25) is 5.91 Å². The Bertz CT molecular complexity index is 1610. The predicted molar refractivity (Wildman–Crippen MR) is 142 cm³/mol. The largest absolute Gasteiger partial charge is 0.416 e. The lowest BCUT2D eigenvalue weighted by atomic mass is 9.64. The van der Waals surface area contributed by atoms with Crippen LogP contribution in [-0.4, -0.2) is 35.3 Å². The molecule has 202 valence electrons. The van der Waals surface area contributed by atoms with Gasteiger partial charge in [0, 0.05) is 35.2 Å². The predicted octanol–water partition coefficient (Wildman–Crippen LogP) is 5.69. The summed E-state index contributed by atoms with van der Waals surface area (Å²) in [4.78, 5) is 55.8. The van der Waals surface area contributed by atoms with Crippen LogP contribution in [0.25, 0.3) is 6.08 Å². The summed E-state index contributed by atoms with van der Waals surface area (Å²) in [7, 11) is 0. The Morgan fingerprint density at radius 1 is 0.875 bits per heavy atom. The van der Waals surface area contributed by atoms with Crippen LogP contribution in [0.3, 0.4) is 0 Å². The Morgan fingerprint density at radius 2 is 1.50 bits per heavy atom. The second kappa shape index (κ2) is 8.74. The first-order valence-corrected chi connectivity index (χ1v) is 12.7. The van der Waals surface area contributed by atoms with Crippen LogP contribution in [-0.2, 0) is 15.8 Å². The van der Waals surface area contributed by atoms with Crippen molar-refractivity contribution in [1.29, 1.82) is 0 Å². The molecule has 3 atom stereocenters. The van der Waals surface area contributed by atoms with Crippen LogP contribution in [0, 0.1) is 5.41 Å². The molecule has 0 unspecified atom stereocenters. The summed E-state index contributed by atoms with van der Waals surface area (Å²) in [6.07, 6.45) is -1.17. The zero-order valence-corrected chi connectivity index (χ0v) is 21.5. The van der Waals surface area contributed by atoms with Gasteiger partial charge < -0.3 is 10.2 Å². The summed E-state index contributed by atoms with van der Waals surface area (Å²) in [6, 6.07) is 13.9. The molecule has 0 bridgehead atoms. The number of ketones is 3. The molecule has 2 heterocycles. The van der Waals surface area contributed by atoms with E-state index in [0.29, 0.717) is 16.9 Å². The third kappa shape index (κ3) is 3.43.